The van der Waals surface area contributed by atoms with E-state index in [2.05, 4.69) is 21.2 Å². The Balaban J connectivity index is 1.27. The van der Waals surface area contributed by atoms with Crippen LogP contribution in [0.5, 0.6) is 17.2 Å². The standard InChI is InChI=1S/C26H26BrNO5/c27-24-16-19(11-12-25(24)33-18-23-10-5-13-30-23)26(29)28-20-6-4-9-22(17-20)32-15-14-31-21-7-2-1-3-8-21/h1-4,6-9,11-12,16-17,23H,5,10,13-15,18H2,(H,28,29). The van der Waals surface area contributed by atoms with Gasteiger partial charge in [0.1, 0.15) is 37.1 Å². The average Bonchev–Trinajstić information content (AvgIpc) is 3.36. The molecule has 1 amide bonds. The Morgan fingerprint density at radius 3 is 2.48 bits per heavy atom. The first kappa shape index (κ1) is 23.1. The molecule has 1 fully saturated rings. The van der Waals surface area contributed by atoms with Gasteiger partial charge in [-0.15, -0.1) is 0 Å². The van der Waals surface area contributed by atoms with E-state index in [4.69, 9.17) is 18.9 Å². The highest BCUT2D eigenvalue weighted by atomic mass is 79.9. The first-order valence-corrected chi connectivity index (χ1v) is 11.7. The number of anilines is 1. The number of ether oxygens (including phenoxy) is 4. The number of benzene rings is 3. The van der Waals surface area contributed by atoms with Crippen LogP contribution in [0.4, 0.5) is 5.69 Å². The SMILES string of the molecule is O=C(Nc1cccc(OCCOc2ccccc2)c1)c1ccc(OCC2CCCO2)c(Br)c1. The van der Waals surface area contributed by atoms with Gasteiger partial charge in [0.15, 0.2) is 0 Å². The lowest BCUT2D eigenvalue weighted by Crippen LogP contribution is -2.16. The van der Waals surface area contributed by atoms with E-state index in [0.717, 1.165) is 29.7 Å². The van der Waals surface area contributed by atoms with Crippen molar-refractivity contribution in [2.75, 3.05) is 31.7 Å². The van der Waals surface area contributed by atoms with E-state index in [0.29, 0.717) is 42.6 Å². The summed E-state index contributed by atoms with van der Waals surface area (Å²) >= 11 is 3.50. The Hall–Kier alpha value is -3.03. The molecule has 1 aliphatic rings. The summed E-state index contributed by atoms with van der Waals surface area (Å²) in [6, 6.07) is 22.2. The molecule has 1 N–H and O–H groups in total. The van der Waals surface area contributed by atoms with E-state index in [1.54, 1.807) is 24.3 Å². The molecular weight excluding hydrogens is 486 g/mol. The van der Waals surface area contributed by atoms with Gasteiger partial charge in [0.05, 0.1) is 10.6 Å². The third-order valence-electron chi connectivity index (χ3n) is 5.10. The van der Waals surface area contributed by atoms with Gasteiger partial charge in [-0.3, -0.25) is 4.79 Å². The molecule has 1 aliphatic heterocycles. The fourth-order valence-corrected chi connectivity index (χ4v) is 3.91. The molecule has 3 aromatic rings. The molecule has 7 heteroatoms. The molecule has 1 saturated heterocycles. The molecular formula is C26H26BrNO5. The van der Waals surface area contributed by atoms with Gasteiger partial charge in [0.2, 0.25) is 0 Å². The third kappa shape index (κ3) is 6.97. The van der Waals surface area contributed by atoms with E-state index in [1.807, 2.05) is 48.5 Å². The molecule has 4 rings (SSSR count). The van der Waals surface area contributed by atoms with Crippen molar-refractivity contribution >= 4 is 27.5 Å². The van der Waals surface area contributed by atoms with Crippen molar-refractivity contribution in [2.24, 2.45) is 0 Å². The molecule has 0 spiro atoms. The normalized spacial score (nSPS) is 15.1. The molecule has 0 bridgehead atoms. The molecule has 0 saturated carbocycles. The van der Waals surface area contributed by atoms with Gasteiger partial charge < -0.3 is 24.3 Å². The molecule has 1 heterocycles. The van der Waals surface area contributed by atoms with Gasteiger partial charge in [0.25, 0.3) is 5.91 Å². The van der Waals surface area contributed by atoms with E-state index in [-0.39, 0.29) is 12.0 Å². The first-order chi connectivity index (χ1) is 16.2. The Morgan fingerprint density at radius 2 is 1.73 bits per heavy atom. The maximum atomic E-state index is 12.7. The van der Waals surface area contributed by atoms with Gasteiger partial charge in [-0.2, -0.15) is 0 Å². The number of halogens is 1. The summed E-state index contributed by atoms with van der Waals surface area (Å²) in [6.07, 6.45) is 2.22. The molecule has 172 valence electrons. The summed E-state index contributed by atoms with van der Waals surface area (Å²) in [5, 5.41) is 2.91. The lowest BCUT2D eigenvalue weighted by molar-refractivity contribution is 0.0677. The molecule has 1 unspecified atom stereocenters. The second-order valence-electron chi connectivity index (χ2n) is 7.58. The highest BCUT2D eigenvalue weighted by Crippen LogP contribution is 2.28. The summed E-state index contributed by atoms with van der Waals surface area (Å²) in [6.45, 7) is 2.12. The molecule has 6 nitrogen and oxygen atoms in total. The van der Waals surface area contributed by atoms with Crippen molar-refractivity contribution in [3.05, 3.63) is 82.8 Å². The van der Waals surface area contributed by atoms with Gasteiger partial charge in [-0.05, 0) is 71.2 Å². The maximum Gasteiger partial charge on any atom is 0.255 e. The lowest BCUT2D eigenvalue weighted by atomic mass is 10.2. The van der Waals surface area contributed by atoms with Crippen molar-refractivity contribution < 1.29 is 23.7 Å². The van der Waals surface area contributed by atoms with Gasteiger partial charge in [0, 0.05) is 23.9 Å². The van der Waals surface area contributed by atoms with E-state index < -0.39 is 0 Å². The van der Waals surface area contributed by atoms with Crippen molar-refractivity contribution in [3.63, 3.8) is 0 Å². The van der Waals surface area contributed by atoms with E-state index in [1.165, 1.54) is 0 Å². The van der Waals surface area contributed by atoms with Crippen LogP contribution in [0.1, 0.15) is 23.2 Å². The number of amides is 1. The van der Waals surface area contributed by atoms with Crippen molar-refractivity contribution in [3.8, 4) is 17.2 Å². The van der Waals surface area contributed by atoms with Crippen LogP contribution >= 0.6 is 15.9 Å². The number of carbonyl (C=O) groups excluding carboxylic acids is 1. The van der Waals surface area contributed by atoms with E-state index in [9.17, 15) is 4.79 Å². The van der Waals surface area contributed by atoms with E-state index >= 15 is 0 Å². The minimum atomic E-state index is -0.217. The molecule has 33 heavy (non-hydrogen) atoms. The fraction of sp³-hybridized carbons (Fsp3) is 0.269. The number of carbonyl (C=O) groups is 1. The summed E-state index contributed by atoms with van der Waals surface area (Å²) < 4.78 is 23.5. The molecule has 0 aromatic heterocycles. The summed E-state index contributed by atoms with van der Waals surface area (Å²) in [5.41, 5.74) is 1.17. The Bertz CT molecular complexity index is 1050. The number of nitrogens with one attached hydrogen (secondary N) is 1. The zero-order chi connectivity index (χ0) is 22.9. The Labute approximate surface area is 201 Å². The van der Waals surface area contributed by atoms with Crippen LogP contribution in [0.25, 0.3) is 0 Å². The Morgan fingerprint density at radius 1 is 0.939 bits per heavy atom. The quantitative estimate of drug-likeness (QED) is 0.352. The average molecular weight is 512 g/mol. The topological polar surface area (TPSA) is 66.0 Å². The van der Waals surface area contributed by atoms with Gasteiger partial charge >= 0.3 is 0 Å². The Kier molecular flexibility index (Phi) is 8.22. The van der Waals surface area contributed by atoms with Crippen LogP contribution in [0, 0.1) is 0 Å². The number of rotatable bonds is 10. The highest BCUT2D eigenvalue weighted by molar-refractivity contribution is 9.10. The lowest BCUT2D eigenvalue weighted by Gasteiger charge is -2.13. The van der Waals surface area contributed by atoms with Crippen LogP contribution in [0.2, 0.25) is 0 Å². The van der Waals surface area contributed by atoms with Crippen LogP contribution in [-0.4, -0.2) is 38.4 Å². The first-order valence-electron chi connectivity index (χ1n) is 10.9. The highest BCUT2D eigenvalue weighted by Gasteiger charge is 2.17. The number of para-hydroxylation sites is 1. The van der Waals surface area contributed by atoms with Crippen LogP contribution in [0.15, 0.2) is 77.3 Å². The fourth-order valence-electron chi connectivity index (χ4n) is 3.42. The summed E-state index contributed by atoms with van der Waals surface area (Å²) in [4.78, 5) is 12.7. The van der Waals surface area contributed by atoms with Gasteiger partial charge in [-0.25, -0.2) is 0 Å². The van der Waals surface area contributed by atoms with Crippen LogP contribution in [0.3, 0.4) is 0 Å². The number of hydrogen-bond acceptors (Lipinski definition) is 5. The molecule has 1 atom stereocenters. The largest absolute Gasteiger partial charge is 0.490 e. The third-order valence-corrected chi connectivity index (χ3v) is 5.72. The molecule has 0 radical (unpaired) electrons. The zero-order valence-electron chi connectivity index (χ0n) is 18.2. The van der Waals surface area contributed by atoms with Crippen molar-refractivity contribution in [2.45, 2.75) is 18.9 Å². The van der Waals surface area contributed by atoms with Crippen molar-refractivity contribution in [1.29, 1.82) is 0 Å². The predicted octanol–water partition coefficient (Wildman–Crippen LogP) is 5.72. The van der Waals surface area contributed by atoms with Crippen molar-refractivity contribution in [1.82, 2.24) is 0 Å². The molecule has 0 aliphatic carbocycles. The van der Waals surface area contributed by atoms with Crippen LogP contribution < -0.4 is 19.5 Å². The zero-order valence-corrected chi connectivity index (χ0v) is 19.8. The molecule has 3 aromatic carbocycles. The number of hydrogen-bond donors (Lipinski definition) is 1. The summed E-state index contributed by atoms with van der Waals surface area (Å²) in [7, 11) is 0. The smallest absolute Gasteiger partial charge is 0.255 e. The maximum absolute atomic E-state index is 12.7. The second kappa shape index (κ2) is 11.7. The minimum Gasteiger partial charge on any atom is -0.490 e. The predicted molar refractivity (Wildman–Crippen MR) is 130 cm³/mol. The monoisotopic (exact) mass is 511 g/mol. The van der Waals surface area contributed by atoms with Gasteiger partial charge in [-0.1, -0.05) is 24.3 Å². The summed E-state index contributed by atoms with van der Waals surface area (Å²) in [5.74, 6) is 1.93. The minimum absolute atomic E-state index is 0.138. The second-order valence-corrected chi connectivity index (χ2v) is 8.44. The van der Waals surface area contributed by atoms with Crippen LogP contribution in [-0.2, 0) is 4.74 Å².